The highest BCUT2D eigenvalue weighted by Crippen LogP contribution is 2.43. The molecule has 7 nitrogen and oxygen atoms in total. The smallest absolute Gasteiger partial charge is 0.231 e. The van der Waals surface area contributed by atoms with Crippen molar-refractivity contribution in [1.29, 1.82) is 0 Å². The van der Waals surface area contributed by atoms with E-state index in [1.807, 2.05) is 18.2 Å². The first-order valence-electron chi connectivity index (χ1n) is 10.5. The van der Waals surface area contributed by atoms with Crippen molar-refractivity contribution in [2.24, 2.45) is 5.92 Å². The summed E-state index contributed by atoms with van der Waals surface area (Å²) in [6.07, 6.45) is 7.73. The SMILES string of the molecule is CS(=O)(=O)N1CCC(CNC(=O)C2(c3ccc4c(c3)OCO4)CCCCC2)CC1. The van der Waals surface area contributed by atoms with Gasteiger partial charge in [-0.15, -0.1) is 0 Å². The third-order valence-corrected chi connectivity index (χ3v) is 7.96. The average Bonchev–Trinajstić information content (AvgIpc) is 3.20. The van der Waals surface area contributed by atoms with Crippen LogP contribution in [-0.4, -0.2) is 51.3 Å². The molecule has 0 radical (unpaired) electrons. The lowest BCUT2D eigenvalue weighted by Gasteiger charge is -2.37. The lowest BCUT2D eigenvalue weighted by atomic mass is 9.68. The molecule has 1 saturated heterocycles. The number of ether oxygens (including phenoxy) is 2. The highest BCUT2D eigenvalue weighted by Gasteiger charge is 2.42. The topological polar surface area (TPSA) is 84.9 Å². The Balaban J connectivity index is 1.43. The minimum absolute atomic E-state index is 0.0848. The maximum atomic E-state index is 13.4. The van der Waals surface area contributed by atoms with Gasteiger partial charge in [0.1, 0.15) is 0 Å². The summed E-state index contributed by atoms with van der Waals surface area (Å²) in [6, 6.07) is 5.88. The molecule has 0 bridgehead atoms. The molecule has 2 fully saturated rings. The van der Waals surface area contributed by atoms with Crippen molar-refractivity contribution in [3.05, 3.63) is 23.8 Å². The Morgan fingerprint density at radius 1 is 1.14 bits per heavy atom. The molecule has 3 aliphatic rings. The Labute approximate surface area is 172 Å². The van der Waals surface area contributed by atoms with E-state index in [9.17, 15) is 13.2 Å². The van der Waals surface area contributed by atoms with Gasteiger partial charge >= 0.3 is 0 Å². The average molecular weight is 423 g/mol. The molecular weight excluding hydrogens is 392 g/mol. The molecule has 1 N–H and O–H groups in total. The second kappa shape index (κ2) is 8.14. The minimum atomic E-state index is -3.12. The van der Waals surface area contributed by atoms with Gasteiger partial charge < -0.3 is 14.8 Å². The zero-order valence-corrected chi connectivity index (χ0v) is 17.8. The zero-order valence-electron chi connectivity index (χ0n) is 17.0. The molecule has 2 heterocycles. The van der Waals surface area contributed by atoms with Gasteiger partial charge in [-0.1, -0.05) is 25.3 Å². The van der Waals surface area contributed by atoms with Crippen molar-refractivity contribution < 1.29 is 22.7 Å². The van der Waals surface area contributed by atoms with Gasteiger partial charge in [-0.05, 0) is 49.3 Å². The summed E-state index contributed by atoms with van der Waals surface area (Å²) >= 11 is 0. The highest BCUT2D eigenvalue weighted by atomic mass is 32.2. The van der Waals surface area contributed by atoms with Crippen molar-refractivity contribution >= 4 is 15.9 Å². The zero-order chi connectivity index (χ0) is 20.5. The number of hydrogen-bond donors (Lipinski definition) is 1. The molecule has 8 heteroatoms. The molecule has 2 aliphatic heterocycles. The van der Waals surface area contributed by atoms with Crippen LogP contribution in [0.15, 0.2) is 18.2 Å². The number of nitrogens with one attached hydrogen (secondary N) is 1. The molecule has 0 spiro atoms. The Bertz CT molecular complexity index is 856. The Morgan fingerprint density at radius 3 is 2.52 bits per heavy atom. The van der Waals surface area contributed by atoms with E-state index in [0.29, 0.717) is 31.3 Å². The maximum absolute atomic E-state index is 13.4. The lowest BCUT2D eigenvalue weighted by molar-refractivity contribution is -0.128. The fourth-order valence-corrected chi connectivity index (χ4v) is 5.72. The van der Waals surface area contributed by atoms with Crippen LogP contribution in [0.4, 0.5) is 0 Å². The second-order valence-corrected chi connectivity index (χ2v) is 10.5. The van der Waals surface area contributed by atoms with Gasteiger partial charge in [0.25, 0.3) is 0 Å². The Hall–Kier alpha value is -1.80. The van der Waals surface area contributed by atoms with Crippen LogP contribution in [0.25, 0.3) is 0 Å². The first-order valence-corrected chi connectivity index (χ1v) is 12.4. The quantitative estimate of drug-likeness (QED) is 0.788. The second-order valence-electron chi connectivity index (χ2n) is 8.53. The summed E-state index contributed by atoms with van der Waals surface area (Å²) in [5.41, 5.74) is 0.484. The number of fused-ring (bicyclic) bond motifs is 1. The number of carbonyl (C=O) groups is 1. The molecule has 1 aliphatic carbocycles. The van der Waals surface area contributed by atoms with E-state index >= 15 is 0 Å². The van der Waals surface area contributed by atoms with Gasteiger partial charge in [0.2, 0.25) is 22.7 Å². The summed E-state index contributed by atoms with van der Waals surface area (Å²) in [5, 5.41) is 3.20. The number of hydrogen-bond acceptors (Lipinski definition) is 5. The molecule has 0 atom stereocenters. The number of benzene rings is 1. The number of nitrogens with zero attached hydrogens (tertiary/aromatic N) is 1. The summed E-state index contributed by atoms with van der Waals surface area (Å²) in [5.74, 6) is 1.85. The van der Waals surface area contributed by atoms with E-state index in [-0.39, 0.29) is 12.7 Å². The van der Waals surface area contributed by atoms with Crippen LogP contribution >= 0.6 is 0 Å². The number of sulfonamides is 1. The van der Waals surface area contributed by atoms with Crippen LogP contribution in [-0.2, 0) is 20.2 Å². The number of piperidine rings is 1. The Kier molecular flexibility index (Phi) is 5.75. The molecule has 1 aromatic rings. The first kappa shape index (κ1) is 20.5. The third-order valence-electron chi connectivity index (χ3n) is 6.66. The highest BCUT2D eigenvalue weighted by molar-refractivity contribution is 7.88. The van der Waals surface area contributed by atoms with E-state index in [4.69, 9.17) is 9.47 Å². The fourth-order valence-electron chi connectivity index (χ4n) is 4.85. The Morgan fingerprint density at radius 2 is 1.83 bits per heavy atom. The van der Waals surface area contributed by atoms with Crippen molar-refractivity contribution in [2.45, 2.75) is 50.4 Å². The van der Waals surface area contributed by atoms with Crippen LogP contribution in [0.1, 0.15) is 50.5 Å². The maximum Gasteiger partial charge on any atom is 0.231 e. The monoisotopic (exact) mass is 422 g/mol. The molecule has 160 valence electrons. The van der Waals surface area contributed by atoms with Crippen LogP contribution in [0.5, 0.6) is 11.5 Å². The standard InChI is InChI=1S/C21H30N2O5S/c1-29(25,26)23-11-7-16(8-12-23)14-22-20(24)21(9-3-2-4-10-21)17-5-6-18-19(13-17)28-15-27-18/h5-6,13,16H,2-4,7-12,14-15H2,1H3,(H,22,24). The van der Waals surface area contributed by atoms with Crippen LogP contribution in [0.2, 0.25) is 0 Å². The van der Waals surface area contributed by atoms with Crippen molar-refractivity contribution in [1.82, 2.24) is 9.62 Å². The van der Waals surface area contributed by atoms with Gasteiger partial charge in [-0.2, -0.15) is 0 Å². The number of carbonyl (C=O) groups excluding carboxylic acids is 1. The molecule has 1 amide bonds. The van der Waals surface area contributed by atoms with Crippen molar-refractivity contribution in [2.75, 3.05) is 32.7 Å². The van der Waals surface area contributed by atoms with Gasteiger partial charge in [-0.3, -0.25) is 4.79 Å². The van der Waals surface area contributed by atoms with Gasteiger partial charge in [-0.25, -0.2) is 12.7 Å². The van der Waals surface area contributed by atoms with Gasteiger partial charge in [0.15, 0.2) is 11.5 Å². The van der Waals surface area contributed by atoms with E-state index in [1.165, 1.54) is 10.6 Å². The molecule has 0 aromatic heterocycles. The molecule has 0 unspecified atom stereocenters. The van der Waals surface area contributed by atoms with Crippen LogP contribution < -0.4 is 14.8 Å². The number of amides is 1. The van der Waals surface area contributed by atoms with Crippen molar-refractivity contribution in [3.63, 3.8) is 0 Å². The summed E-state index contributed by atoms with van der Waals surface area (Å²) in [7, 11) is -3.12. The predicted octanol–water partition coefficient (Wildman–Crippen LogP) is 2.40. The van der Waals surface area contributed by atoms with E-state index in [1.54, 1.807) is 0 Å². The van der Waals surface area contributed by atoms with Gasteiger partial charge in [0.05, 0.1) is 11.7 Å². The minimum Gasteiger partial charge on any atom is -0.454 e. The normalized spacial score (nSPS) is 22.4. The predicted molar refractivity (Wildman–Crippen MR) is 109 cm³/mol. The van der Waals surface area contributed by atoms with E-state index in [0.717, 1.165) is 56.3 Å². The molecule has 1 saturated carbocycles. The number of rotatable bonds is 5. The molecule has 29 heavy (non-hydrogen) atoms. The molecular formula is C21H30N2O5S. The lowest BCUT2D eigenvalue weighted by Crippen LogP contribution is -2.48. The molecule has 4 rings (SSSR count). The molecule has 1 aromatic carbocycles. The first-order chi connectivity index (χ1) is 13.9. The van der Waals surface area contributed by atoms with E-state index < -0.39 is 15.4 Å². The van der Waals surface area contributed by atoms with Crippen LogP contribution in [0.3, 0.4) is 0 Å². The van der Waals surface area contributed by atoms with Crippen molar-refractivity contribution in [3.8, 4) is 11.5 Å². The van der Waals surface area contributed by atoms with Crippen LogP contribution in [0, 0.1) is 5.92 Å². The summed E-state index contributed by atoms with van der Waals surface area (Å²) < 4.78 is 35.9. The summed E-state index contributed by atoms with van der Waals surface area (Å²) in [6.45, 7) is 1.90. The van der Waals surface area contributed by atoms with Gasteiger partial charge in [0, 0.05) is 19.6 Å². The third kappa shape index (κ3) is 4.23. The van der Waals surface area contributed by atoms with E-state index in [2.05, 4.69) is 5.32 Å². The summed E-state index contributed by atoms with van der Waals surface area (Å²) in [4.78, 5) is 13.4. The largest absolute Gasteiger partial charge is 0.454 e. The fraction of sp³-hybridized carbons (Fsp3) is 0.667.